The average Bonchev–Trinajstić information content (AvgIpc) is 2.33. The van der Waals surface area contributed by atoms with Crippen molar-refractivity contribution >= 4 is 15.8 Å². The number of sulfonamides is 1. The monoisotopic (exact) mass is 272 g/mol. The van der Waals surface area contributed by atoms with Crippen molar-refractivity contribution in [2.75, 3.05) is 18.4 Å². The molecular formula is C11H20N4O2S. The molecule has 0 aliphatic rings. The Kier molecular flexibility index (Phi) is 6.03. The second kappa shape index (κ2) is 7.30. The molecule has 0 unspecified atom stereocenters. The Hall–Kier alpha value is -1.18. The molecule has 0 bridgehead atoms. The van der Waals surface area contributed by atoms with E-state index in [0.717, 1.165) is 38.8 Å². The summed E-state index contributed by atoms with van der Waals surface area (Å²) in [5.41, 5.74) is 5.40. The fourth-order valence-electron chi connectivity index (χ4n) is 1.49. The second-order valence-corrected chi connectivity index (χ2v) is 5.62. The number of pyridine rings is 1. The predicted molar refractivity (Wildman–Crippen MR) is 71.6 cm³/mol. The summed E-state index contributed by atoms with van der Waals surface area (Å²) in [4.78, 5) is 4.01. The SMILES string of the molecule is NCCCCCCNc1ccc(S(N)(=O)=O)cn1. The van der Waals surface area contributed by atoms with Crippen LogP contribution in [0.25, 0.3) is 0 Å². The number of hydrogen-bond acceptors (Lipinski definition) is 5. The largest absolute Gasteiger partial charge is 0.370 e. The summed E-state index contributed by atoms with van der Waals surface area (Å²) in [6.07, 6.45) is 5.61. The van der Waals surface area contributed by atoms with Gasteiger partial charge in [0.1, 0.15) is 10.7 Å². The third-order valence-corrected chi connectivity index (χ3v) is 3.40. The summed E-state index contributed by atoms with van der Waals surface area (Å²) in [5.74, 6) is 0.654. The van der Waals surface area contributed by atoms with E-state index in [1.165, 1.54) is 12.3 Å². The fourth-order valence-corrected chi connectivity index (χ4v) is 1.95. The lowest BCUT2D eigenvalue weighted by Gasteiger charge is -2.05. The molecule has 0 amide bonds. The van der Waals surface area contributed by atoms with Crippen molar-refractivity contribution in [2.24, 2.45) is 10.9 Å². The van der Waals surface area contributed by atoms with Crippen molar-refractivity contribution in [3.8, 4) is 0 Å². The Morgan fingerprint density at radius 1 is 1.17 bits per heavy atom. The number of nitrogens with one attached hydrogen (secondary N) is 1. The molecule has 7 heteroatoms. The highest BCUT2D eigenvalue weighted by Gasteiger charge is 2.07. The molecule has 0 aliphatic heterocycles. The molecule has 5 N–H and O–H groups in total. The number of hydrogen-bond donors (Lipinski definition) is 3. The van der Waals surface area contributed by atoms with Crippen molar-refractivity contribution in [1.29, 1.82) is 0 Å². The molecule has 0 saturated carbocycles. The van der Waals surface area contributed by atoms with Crippen LogP contribution < -0.4 is 16.2 Å². The molecule has 0 aromatic carbocycles. The van der Waals surface area contributed by atoms with Crippen LogP contribution in [0.2, 0.25) is 0 Å². The van der Waals surface area contributed by atoms with Crippen molar-refractivity contribution in [1.82, 2.24) is 4.98 Å². The van der Waals surface area contributed by atoms with E-state index in [0.29, 0.717) is 5.82 Å². The fraction of sp³-hybridized carbons (Fsp3) is 0.545. The topological polar surface area (TPSA) is 111 Å². The van der Waals surface area contributed by atoms with Gasteiger partial charge in [0.2, 0.25) is 10.0 Å². The highest BCUT2D eigenvalue weighted by atomic mass is 32.2. The van der Waals surface area contributed by atoms with Crippen LogP contribution in [-0.2, 0) is 10.0 Å². The zero-order valence-corrected chi connectivity index (χ0v) is 11.1. The van der Waals surface area contributed by atoms with Crippen molar-refractivity contribution in [2.45, 2.75) is 30.6 Å². The van der Waals surface area contributed by atoms with E-state index < -0.39 is 10.0 Å². The van der Waals surface area contributed by atoms with Crippen LogP contribution >= 0.6 is 0 Å². The minimum absolute atomic E-state index is 0.0241. The number of nitrogens with zero attached hydrogens (tertiary/aromatic N) is 1. The number of rotatable bonds is 8. The van der Waals surface area contributed by atoms with Gasteiger partial charge in [-0.15, -0.1) is 0 Å². The summed E-state index contributed by atoms with van der Waals surface area (Å²) < 4.78 is 22.0. The summed E-state index contributed by atoms with van der Waals surface area (Å²) >= 11 is 0. The maximum atomic E-state index is 11.0. The number of nitrogens with two attached hydrogens (primary N) is 2. The summed E-state index contributed by atoms with van der Waals surface area (Å²) in [6, 6.07) is 3.05. The number of primary sulfonamides is 1. The first-order chi connectivity index (χ1) is 8.54. The highest BCUT2D eigenvalue weighted by Crippen LogP contribution is 2.09. The van der Waals surface area contributed by atoms with Crippen molar-refractivity contribution in [3.63, 3.8) is 0 Å². The van der Waals surface area contributed by atoms with E-state index in [1.54, 1.807) is 6.07 Å². The van der Waals surface area contributed by atoms with Gasteiger partial charge in [-0.1, -0.05) is 12.8 Å². The van der Waals surface area contributed by atoms with Crippen LogP contribution in [0.15, 0.2) is 23.2 Å². The van der Waals surface area contributed by atoms with Gasteiger partial charge >= 0.3 is 0 Å². The Morgan fingerprint density at radius 3 is 2.44 bits per heavy atom. The van der Waals surface area contributed by atoms with Gasteiger partial charge in [0, 0.05) is 12.7 Å². The summed E-state index contributed by atoms with van der Waals surface area (Å²) in [7, 11) is -3.66. The van der Waals surface area contributed by atoms with Gasteiger partial charge in [-0.3, -0.25) is 0 Å². The van der Waals surface area contributed by atoms with E-state index in [-0.39, 0.29) is 4.90 Å². The molecule has 0 atom stereocenters. The number of aromatic nitrogens is 1. The first-order valence-corrected chi connectivity index (χ1v) is 7.51. The van der Waals surface area contributed by atoms with E-state index in [2.05, 4.69) is 10.3 Å². The van der Waals surface area contributed by atoms with E-state index >= 15 is 0 Å². The van der Waals surface area contributed by atoms with Gasteiger partial charge in [0.05, 0.1) is 0 Å². The molecule has 0 fully saturated rings. The molecule has 1 heterocycles. The summed E-state index contributed by atoms with van der Waals surface area (Å²) in [6.45, 7) is 1.55. The Morgan fingerprint density at radius 2 is 1.89 bits per heavy atom. The molecule has 18 heavy (non-hydrogen) atoms. The van der Waals surface area contributed by atoms with Gasteiger partial charge in [-0.2, -0.15) is 0 Å². The van der Waals surface area contributed by atoms with Crippen LogP contribution in [-0.4, -0.2) is 26.5 Å². The molecule has 0 saturated heterocycles. The number of unbranched alkanes of at least 4 members (excludes halogenated alkanes) is 3. The van der Waals surface area contributed by atoms with Crippen LogP contribution in [0.3, 0.4) is 0 Å². The Bertz CT molecular complexity index is 445. The highest BCUT2D eigenvalue weighted by molar-refractivity contribution is 7.89. The lowest BCUT2D eigenvalue weighted by Crippen LogP contribution is -2.12. The molecule has 1 aromatic rings. The molecular weight excluding hydrogens is 252 g/mol. The third kappa shape index (κ3) is 5.44. The van der Waals surface area contributed by atoms with Crippen LogP contribution in [0.1, 0.15) is 25.7 Å². The zero-order chi connectivity index (χ0) is 13.4. The second-order valence-electron chi connectivity index (χ2n) is 4.05. The molecule has 0 radical (unpaired) electrons. The van der Waals surface area contributed by atoms with E-state index in [1.807, 2.05) is 0 Å². The molecule has 102 valence electrons. The minimum Gasteiger partial charge on any atom is -0.370 e. The van der Waals surface area contributed by atoms with Crippen molar-refractivity contribution < 1.29 is 8.42 Å². The number of anilines is 1. The quantitative estimate of drug-likeness (QED) is 0.602. The molecule has 6 nitrogen and oxygen atoms in total. The van der Waals surface area contributed by atoms with Gasteiger partial charge in [-0.05, 0) is 31.5 Å². The van der Waals surface area contributed by atoms with E-state index in [9.17, 15) is 8.42 Å². The Balaban J connectivity index is 2.32. The van der Waals surface area contributed by atoms with Crippen molar-refractivity contribution in [3.05, 3.63) is 18.3 Å². The smallest absolute Gasteiger partial charge is 0.239 e. The molecule has 0 spiro atoms. The standard InChI is InChI=1S/C11H20N4O2S/c12-7-3-1-2-4-8-14-11-6-5-10(9-15-11)18(13,16)17/h5-6,9H,1-4,7-8,12H2,(H,14,15)(H2,13,16,17). The molecule has 1 aromatic heterocycles. The summed E-state index contributed by atoms with van der Waals surface area (Å²) in [5, 5.41) is 8.10. The van der Waals surface area contributed by atoms with E-state index in [4.69, 9.17) is 10.9 Å². The Labute approximate surface area is 108 Å². The lowest BCUT2D eigenvalue weighted by molar-refractivity contribution is 0.597. The zero-order valence-electron chi connectivity index (χ0n) is 10.3. The van der Waals surface area contributed by atoms with Crippen LogP contribution in [0.4, 0.5) is 5.82 Å². The maximum absolute atomic E-state index is 11.0. The van der Waals surface area contributed by atoms with Gasteiger partial charge in [0.15, 0.2) is 0 Å². The normalized spacial score (nSPS) is 11.4. The third-order valence-electron chi connectivity index (χ3n) is 2.50. The van der Waals surface area contributed by atoms with Gasteiger partial charge in [-0.25, -0.2) is 18.5 Å². The van der Waals surface area contributed by atoms with Gasteiger partial charge < -0.3 is 11.1 Å². The average molecular weight is 272 g/mol. The molecule has 1 rings (SSSR count). The lowest BCUT2D eigenvalue weighted by atomic mass is 10.2. The maximum Gasteiger partial charge on any atom is 0.239 e. The predicted octanol–water partition coefficient (Wildman–Crippen LogP) is 0.660. The molecule has 0 aliphatic carbocycles. The first-order valence-electron chi connectivity index (χ1n) is 5.97. The van der Waals surface area contributed by atoms with Crippen LogP contribution in [0.5, 0.6) is 0 Å². The van der Waals surface area contributed by atoms with Crippen LogP contribution in [0, 0.1) is 0 Å². The first kappa shape index (κ1) is 14.9. The van der Waals surface area contributed by atoms with Gasteiger partial charge in [0.25, 0.3) is 0 Å². The minimum atomic E-state index is -3.66.